The van der Waals surface area contributed by atoms with Crippen LogP contribution in [0.5, 0.6) is 5.75 Å². The van der Waals surface area contributed by atoms with Gasteiger partial charge in [0, 0.05) is 19.2 Å². The highest BCUT2D eigenvalue weighted by Crippen LogP contribution is 2.27. The summed E-state index contributed by atoms with van der Waals surface area (Å²) in [6, 6.07) is 8.54. The Morgan fingerprint density at radius 2 is 1.88 bits per heavy atom. The first-order valence-electron chi connectivity index (χ1n) is 11.7. The van der Waals surface area contributed by atoms with Crippen molar-refractivity contribution in [3.8, 4) is 17.0 Å². The molecule has 2 aromatic heterocycles. The predicted octanol–water partition coefficient (Wildman–Crippen LogP) is 3.21. The van der Waals surface area contributed by atoms with Crippen LogP contribution in [0.1, 0.15) is 32.3 Å². The molecule has 4 aromatic rings. The van der Waals surface area contributed by atoms with Crippen LogP contribution < -0.4 is 11.1 Å². The van der Waals surface area contributed by atoms with Gasteiger partial charge in [0.2, 0.25) is 0 Å². The summed E-state index contributed by atoms with van der Waals surface area (Å²) < 4.78 is 6.70. The van der Waals surface area contributed by atoms with E-state index in [-0.39, 0.29) is 22.5 Å². The van der Waals surface area contributed by atoms with Crippen LogP contribution in [0.25, 0.3) is 33.2 Å². The molecular formula is C25H31N5O4. The molecule has 180 valence electrons. The number of rotatable bonds is 6. The highest BCUT2D eigenvalue weighted by molar-refractivity contribution is 5.93. The number of H-pyrrole nitrogens is 2. The number of methoxy groups -OCH3 is 1. The second-order valence-electron chi connectivity index (χ2n) is 8.20. The number of nitrogens with zero attached hydrogens (tertiary/aromatic N) is 3. The molecule has 1 fully saturated rings. The van der Waals surface area contributed by atoms with Crippen molar-refractivity contribution in [1.29, 1.82) is 0 Å². The maximum atomic E-state index is 12.9. The molecular weight excluding hydrogens is 434 g/mol. The second-order valence-corrected chi connectivity index (χ2v) is 8.20. The van der Waals surface area contributed by atoms with Gasteiger partial charge in [-0.3, -0.25) is 19.4 Å². The first kappa shape index (κ1) is 23.7. The molecule has 0 aliphatic carbocycles. The molecule has 34 heavy (non-hydrogen) atoms. The molecule has 3 heterocycles. The third-order valence-corrected chi connectivity index (χ3v) is 6.03. The monoisotopic (exact) mass is 465 g/mol. The van der Waals surface area contributed by atoms with Crippen LogP contribution in [-0.4, -0.2) is 56.5 Å². The largest absolute Gasteiger partial charge is 0.506 e. The van der Waals surface area contributed by atoms with Crippen LogP contribution in [0.4, 0.5) is 0 Å². The third-order valence-electron chi connectivity index (χ3n) is 6.03. The topological polar surface area (TPSA) is 116 Å². The Balaban J connectivity index is 0.00000133. The molecule has 0 bridgehead atoms. The highest BCUT2D eigenvalue weighted by Gasteiger charge is 2.18. The van der Waals surface area contributed by atoms with Gasteiger partial charge < -0.3 is 19.7 Å². The first-order chi connectivity index (χ1) is 16.5. The number of hydrogen-bond donors (Lipinski definition) is 3. The van der Waals surface area contributed by atoms with Gasteiger partial charge in [-0.15, -0.1) is 0 Å². The van der Waals surface area contributed by atoms with E-state index < -0.39 is 5.56 Å². The molecule has 0 saturated carbocycles. The van der Waals surface area contributed by atoms with Gasteiger partial charge in [-0.05, 0) is 49.7 Å². The van der Waals surface area contributed by atoms with Crippen molar-refractivity contribution >= 4 is 21.9 Å². The highest BCUT2D eigenvalue weighted by atomic mass is 16.5. The first-order valence-corrected chi connectivity index (χ1v) is 11.7. The van der Waals surface area contributed by atoms with E-state index in [1.54, 1.807) is 42.1 Å². The minimum atomic E-state index is -0.398. The van der Waals surface area contributed by atoms with E-state index in [0.29, 0.717) is 35.1 Å². The molecule has 3 N–H and O–H groups in total. The lowest BCUT2D eigenvalue weighted by Crippen LogP contribution is -2.28. The molecule has 0 spiro atoms. The Labute approximate surface area is 197 Å². The van der Waals surface area contributed by atoms with Gasteiger partial charge in [0.25, 0.3) is 11.1 Å². The van der Waals surface area contributed by atoms with Gasteiger partial charge >= 0.3 is 0 Å². The molecule has 0 radical (unpaired) electrons. The fraction of sp³-hybridized carbons (Fsp3) is 0.400. The zero-order valence-corrected chi connectivity index (χ0v) is 19.9. The van der Waals surface area contributed by atoms with Gasteiger partial charge in [-0.1, -0.05) is 26.0 Å². The number of likely N-dealkylation sites (tertiary alicyclic amines) is 1. The van der Waals surface area contributed by atoms with Gasteiger partial charge in [-0.25, -0.2) is 4.98 Å². The van der Waals surface area contributed by atoms with E-state index >= 15 is 0 Å². The number of phenols is 1. The van der Waals surface area contributed by atoms with Crippen molar-refractivity contribution in [2.24, 2.45) is 0 Å². The summed E-state index contributed by atoms with van der Waals surface area (Å²) in [6.07, 6.45) is 2.39. The lowest BCUT2D eigenvalue weighted by Gasteiger charge is -2.13. The lowest BCUT2D eigenvalue weighted by atomic mass is 10.1. The Kier molecular flexibility index (Phi) is 7.14. The predicted molar refractivity (Wildman–Crippen MR) is 133 cm³/mol. The minimum absolute atomic E-state index is 0.0455. The molecule has 1 aliphatic heterocycles. The summed E-state index contributed by atoms with van der Waals surface area (Å²) in [5.74, 6) is -0.0455. The third kappa shape index (κ3) is 4.49. The Bertz CT molecular complexity index is 1410. The van der Waals surface area contributed by atoms with Gasteiger partial charge in [-0.2, -0.15) is 0 Å². The summed E-state index contributed by atoms with van der Waals surface area (Å²) in [5.41, 5.74) is 2.14. The lowest BCUT2D eigenvalue weighted by molar-refractivity contribution is 0.185. The number of aromatic amines is 2. The van der Waals surface area contributed by atoms with E-state index in [0.717, 1.165) is 25.2 Å². The fourth-order valence-electron chi connectivity index (χ4n) is 4.45. The fourth-order valence-corrected chi connectivity index (χ4v) is 4.45. The molecule has 9 nitrogen and oxygen atoms in total. The Morgan fingerprint density at radius 3 is 2.62 bits per heavy atom. The quantitative estimate of drug-likeness (QED) is 0.403. The number of aromatic hydroxyl groups is 1. The zero-order chi connectivity index (χ0) is 24.2. The maximum Gasteiger partial charge on any atom is 0.275 e. The van der Waals surface area contributed by atoms with Gasteiger partial charge in [0.15, 0.2) is 0 Å². The number of fused-ring (bicyclic) bond motifs is 2. The smallest absolute Gasteiger partial charge is 0.275 e. The van der Waals surface area contributed by atoms with Crippen LogP contribution in [0.15, 0.2) is 39.9 Å². The van der Waals surface area contributed by atoms with Gasteiger partial charge in [0.1, 0.15) is 17.0 Å². The summed E-state index contributed by atoms with van der Waals surface area (Å²) in [6.45, 7) is 7.78. The maximum absolute atomic E-state index is 12.9. The van der Waals surface area contributed by atoms with Gasteiger partial charge in [0.05, 0.1) is 29.6 Å². The van der Waals surface area contributed by atoms with Crippen LogP contribution in [0.2, 0.25) is 0 Å². The van der Waals surface area contributed by atoms with Crippen molar-refractivity contribution in [3.63, 3.8) is 0 Å². The van der Waals surface area contributed by atoms with E-state index in [1.165, 1.54) is 12.8 Å². The number of ether oxygens (including phenoxy) is 1. The number of hydrogen-bond acceptors (Lipinski definition) is 6. The van der Waals surface area contributed by atoms with Crippen molar-refractivity contribution < 1.29 is 9.84 Å². The Hall–Kier alpha value is -3.43. The number of aromatic nitrogens is 4. The Morgan fingerprint density at radius 1 is 1.12 bits per heavy atom. The SMILES string of the molecule is CC.COCc1cc(O)c2nc(-c3cccc4c(=O)n(CCN5CCCC5)[nH]c34)c(=O)[nH]c2c1. The zero-order valence-electron chi connectivity index (χ0n) is 19.9. The number of benzene rings is 2. The van der Waals surface area contributed by atoms with E-state index in [4.69, 9.17) is 4.74 Å². The number of para-hydroxylation sites is 1. The molecule has 0 atom stereocenters. The van der Waals surface area contributed by atoms with Crippen molar-refractivity contribution in [3.05, 3.63) is 56.6 Å². The minimum Gasteiger partial charge on any atom is -0.506 e. The van der Waals surface area contributed by atoms with E-state index in [1.807, 2.05) is 13.8 Å². The average Bonchev–Trinajstić information content (AvgIpc) is 3.47. The molecule has 1 saturated heterocycles. The van der Waals surface area contributed by atoms with Crippen LogP contribution in [0, 0.1) is 0 Å². The summed E-state index contributed by atoms with van der Waals surface area (Å²) >= 11 is 0. The molecule has 1 aliphatic rings. The standard InChI is InChI=1S/C23H25N5O4.C2H6/c1-32-13-14-11-17-21(18(29)12-14)25-20(22(30)24-17)15-5-4-6-16-19(15)26-28(23(16)31)10-9-27-7-2-3-8-27;1-2/h4-6,11-12,26,29H,2-3,7-10,13H2,1H3,(H,24,30);1-2H3. The van der Waals surface area contributed by atoms with Crippen LogP contribution in [0.3, 0.4) is 0 Å². The molecule has 0 amide bonds. The van der Waals surface area contributed by atoms with E-state index in [9.17, 15) is 14.7 Å². The normalized spacial score (nSPS) is 14.0. The van der Waals surface area contributed by atoms with Crippen molar-refractivity contribution in [2.75, 3.05) is 26.7 Å². The van der Waals surface area contributed by atoms with E-state index in [2.05, 4.69) is 20.0 Å². The number of nitrogens with one attached hydrogen (secondary N) is 2. The van der Waals surface area contributed by atoms with Crippen LogP contribution >= 0.6 is 0 Å². The molecule has 9 heteroatoms. The van der Waals surface area contributed by atoms with Crippen molar-refractivity contribution in [2.45, 2.75) is 39.8 Å². The summed E-state index contributed by atoms with van der Waals surface area (Å²) in [7, 11) is 1.56. The average molecular weight is 466 g/mol. The summed E-state index contributed by atoms with van der Waals surface area (Å²) in [5, 5.41) is 14.2. The van der Waals surface area contributed by atoms with Crippen LogP contribution in [-0.2, 0) is 17.9 Å². The number of phenolic OH excluding ortho intramolecular Hbond substituents is 1. The summed E-state index contributed by atoms with van der Waals surface area (Å²) in [4.78, 5) is 35.5. The molecule has 2 aromatic carbocycles. The van der Waals surface area contributed by atoms with Crippen molar-refractivity contribution in [1.82, 2.24) is 24.6 Å². The second kappa shape index (κ2) is 10.2. The molecule has 5 rings (SSSR count). The molecule has 0 unspecified atom stereocenters.